The lowest BCUT2D eigenvalue weighted by Gasteiger charge is -2.31. The van der Waals surface area contributed by atoms with Gasteiger partial charge in [0.2, 0.25) is 0 Å². The standard InChI is InChI=1S/C14H20N4S.2C2H4O2/c1-3-11-8-12(4-5-15-11)18-7-6-16-14(18)13-10(2)17-9-19-13;2*1-2(3)4/h6-7,9,11-12,15H,3-5,8H2,1-2H3;2*1H3,(H,3,4)/t11-,12-;;/m1../s1. The predicted molar refractivity (Wildman–Crippen MR) is 105 cm³/mol. The summed E-state index contributed by atoms with van der Waals surface area (Å²) < 4.78 is 2.35. The van der Waals surface area contributed by atoms with Crippen LogP contribution >= 0.6 is 11.3 Å². The third kappa shape index (κ3) is 7.88. The summed E-state index contributed by atoms with van der Waals surface area (Å²) in [4.78, 5) is 28.1. The van der Waals surface area contributed by atoms with Gasteiger partial charge in [0.05, 0.1) is 16.1 Å². The number of hydrogen-bond acceptors (Lipinski definition) is 6. The zero-order chi connectivity index (χ0) is 20.4. The van der Waals surface area contributed by atoms with E-state index in [2.05, 4.69) is 39.9 Å². The highest BCUT2D eigenvalue weighted by molar-refractivity contribution is 7.13. The zero-order valence-corrected chi connectivity index (χ0v) is 17.0. The first-order valence-electron chi connectivity index (χ1n) is 8.81. The number of nitrogens with one attached hydrogen (secondary N) is 1. The van der Waals surface area contributed by atoms with Crippen LogP contribution in [0.15, 0.2) is 17.9 Å². The molecule has 0 amide bonds. The fourth-order valence-corrected chi connectivity index (χ4v) is 3.65. The van der Waals surface area contributed by atoms with Gasteiger partial charge in [-0.15, -0.1) is 11.3 Å². The molecular weight excluding hydrogens is 368 g/mol. The number of carboxylic acid groups (broad SMARTS) is 2. The molecule has 150 valence electrons. The zero-order valence-electron chi connectivity index (χ0n) is 16.2. The van der Waals surface area contributed by atoms with E-state index in [-0.39, 0.29) is 0 Å². The SMILES string of the molecule is CC(=O)O.CC(=O)O.CC[C@@H]1C[C@H](n2ccnc2-c2scnc2C)CCN1. The van der Waals surface area contributed by atoms with Crippen molar-refractivity contribution in [2.24, 2.45) is 0 Å². The van der Waals surface area contributed by atoms with Gasteiger partial charge < -0.3 is 20.1 Å². The molecule has 2 atom stereocenters. The van der Waals surface area contributed by atoms with Crippen LogP contribution in [0.25, 0.3) is 10.7 Å². The summed E-state index contributed by atoms with van der Waals surface area (Å²) >= 11 is 1.68. The second kappa shape index (κ2) is 11.5. The topological polar surface area (TPSA) is 117 Å². The average molecular weight is 397 g/mol. The van der Waals surface area contributed by atoms with Crippen LogP contribution in [0.2, 0.25) is 0 Å². The van der Waals surface area contributed by atoms with Crippen LogP contribution in [0.3, 0.4) is 0 Å². The van der Waals surface area contributed by atoms with E-state index in [0.29, 0.717) is 12.1 Å². The lowest BCUT2D eigenvalue weighted by Crippen LogP contribution is -2.38. The molecule has 0 unspecified atom stereocenters. The lowest BCUT2D eigenvalue weighted by molar-refractivity contribution is -0.135. The molecule has 8 nitrogen and oxygen atoms in total. The van der Waals surface area contributed by atoms with Crippen molar-refractivity contribution in [3.8, 4) is 10.7 Å². The van der Waals surface area contributed by atoms with E-state index in [9.17, 15) is 0 Å². The highest BCUT2D eigenvalue weighted by Crippen LogP contribution is 2.31. The molecule has 2 aromatic rings. The molecule has 2 aromatic heterocycles. The quantitative estimate of drug-likeness (QED) is 0.729. The van der Waals surface area contributed by atoms with Crippen molar-refractivity contribution in [1.82, 2.24) is 19.9 Å². The summed E-state index contributed by atoms with van der Waals surface area (Å²) in [7, 11) is 0. The van der Waals surface area contributed by atoms with Crippen molar-refractivity contribution in [1.29, 1.82) is 0 Å². The minimum Gasteiger partial charge on any atom is -0.481 e. The first-order valence-corrected chi connectivity index (χ1v) is 9.69. The van der Waals surface area contributed by atoms with Crippen LogP contribution in [0, 0.1) is 6.92 Å². The molecular formula is C18H28N4O4S. The number of piperidine rings is 1. The number of imidazole rings is 1. The molecule has 0 aliphatic carbocycles. The van der Waals surface area contributed by atoms with E-state index in [1.165, 1.54) is 24.1 Å². The maximum Gasteiger partial charge on any atom is 0.300 e. The number of carboxylic acids is 2. The Morgan fingerprint density at radius 2 is 1.93 bits per heavy atom. The summed E-state index contributed by atoms with van der Waals surface area (Å²) in [6.07, 6.45) is 7.60. The van der Waals surface area contributed by atoms with Gasteiger partial charge in [-0.3, -0.25) is 9.59 Å². The van der Waals surface area contributed by atoms with Gasteiger partial charge >= 0.3 is 0 Å². The van der Waals surface area contributed by atoms with Gasteiger partial charge in [-0.05, 0) is 32.7 Å². The number of carbonyl (C=O) groups is 2. The molecule has 0 saturated carbocycles. The summed E-state index contributed by atoms with van der Waals surface area (Å²) in [6.45, 7) is 7.58. The molecule has 0 spiro atoms. The molecule has 9 heteroatoms. The maximum atomic E-state index is 9.00. The monoisotopic (exact) mass is 396 g/mol. The molecule has 3 heterocycles. The Balaban J connectivity index is 0.000000390. The highest BCUT2D eigenvalue weighted by Gasteiger charge is 2.24. The van der Waals surface area contributed by atoms with Gasteiger partial charge in [0.1, 0.15) is 0 Å². The van der Waals surface area contributed by atoms with Gasteiger partial charge in [-0.1, -0.05) is 6.92 Å². The van der Waals surface area contributed by atoms with Crippen molar-refractivity contribution in [2.75, 3.05) is 6.54 Å². The third-order valence-electron chi connectivity index (χ3n) is 3.97. The Bertz CT molecular complexity index is 709. The molecule has 0 radical (unpaired) electrons. The van der Waals surface area contributed by atoms with Crippen LogP contribution in [0.1, 0.15) is 51.8 Å². The average Bonchev–Trinajstić information content (AvgIpc) is 3.22. The van der Waals surface area contributed by atoms with E-state index in [1.54, 1.807) is 11.3 Å². The number of aryl methyl sites for hydroxylation is 1. The third-order valence-corrected chi connectivity index (χ3v) is 4.90. The predicted octanol–water partition coefficient (Wildman–Crippen LogP) is 3.20. The molecule has 3 N–H and O–H groups in total. The normalized spacial score (nSPS) is 18.5. The van der Waals surface area contributed by atoms with Crippen LogP contribution in [-0.2, 0) is 9.59 Å². The summed E-state index contributed by atoms with van der Waals surface area (Å²) in [5.41, 5.74) is 2.99. The summed E-state index contributed by atoms with van der Waals surface area (Å²) in [5, 5.41) is 18.4. The largest absolute Gasteiger partial charge is 0.481 e. The number of aliphatic carboxylic acids is 2. The molecule has 27 heavy (non-hydrogen) atoms. The van der Waals surface area contributed by atoms with E-state index in [4.69, 9.17) is 19.8 Å². The Morgan fingerprint density at radius 1 is 1.30 bits per heavy atom. The molecule has 1 aliphatic heterocycles. The minimum absolute atomic E-state index is 0.560. The Kier molecular flexibility index (Phi) is 9.66. The van der Waals surface area contributed by atoms with Gasteiger partial charge in [-0.2, -0.15) is 0 Å². The summed E-state index contributed by atoms with van der Waals surface area (Å²) in [5.74, 6) is -0.582. The second-order valence-corrected chi connectivity index (χ2v) is 7.06. The van der Waals surface area contributed by atoms with Crippen LogP contribution < -0.4 is 5.32 Å². The van der Waals surface area contributed by atoms with Crippen LogP contribution in [0.5, 0.6) is 0 Å². The Morgan fingerprint density at radius 3 is 2.44 bits per heavy atom. The summed E-state index contributed by atoms with van der Waals surface area (Å²) in [6, 6.07) is 1.20. The van der Waals surface area contributed by atoms with E-state index < -0.39 is 11.9 Å². The lowest BCUT2D eigenvalue weighted by atomic mass is 9.97. The number of hydrogen-bond donors (Lipinski definition) is 3. The van der Waals surface area contributed by atoms with Crippen molar-refractivity contribution in [2.45, 2.75) is 59.0 Å². The van der Waals surface area contributed by atoms with Crippen LogP contribution in [0.4, 0.5) is 0 Å². The van der Waals surface area contributed by atoms with Gasteiger partial charge in [-0.25, -0.2) is 9.97 Å². The molecule has 1 fully saturated rings. The van der Waals surface area contributed by atoms with Crippen LogP contribution in [-0.4, -0.2) is 49.3 Å². The van der Waals surface area contributed by atoms with Gasteiger partial charge in [0, 0.05) is 38.3 Å². The Hall–Kier alpha value is -2.26. The fraction of sp³-hybridized carbons (Fsp3) is 0.556. The number of aromatic nitrogens is 3. The van der Waals surface area contributed by atoms with Crippen molar-refractivity contribution < 1.29 is 19.8 Å². The smallest absolute Gasteiger partial charge is 0.300 e. The molecule has 0 bridgehead atoms. The number of rotatable bonds is 3. The van der Waals surface area contributed by atoms with Crippen molar-refractivity contribution in [3.05, 3.63) is 23.6 Å². The fourth-order valence-electron chi connectivity index (χ4n) is 2.85. The first-order chi connectivity index (χ1) is 12.8. The Labute approximate surface area is 163 Å². The van der Waals surface area contributed by atoms with Gasteiger partial charge in [0.15, 0.2) is 5.82 Å². The van der Waals surface area contributed by atoms with E-state index >= 15 is 0 Å². The first kappa shape index (κ1) is 22.8. The molecule has 0 aromatic carbocycles. The molecule has 3 rings (SSSR count). The van der Waals surface area contributed by atoms with E-state index in [1.807, 2.05) is 11.7 Å². The van der Waals surface area contributed by atoms with Crippen molar-refractivity contribution >= 4 is 23.3 Å². The van der Waals surface area contributed by atoms with Crippen molar-refractivity contribution in [3.63, 3.8) is 0 Å². The number of thiazole rings is 1. The second-order valence-electron chi connectivity index (χ2n) is 6.20. The minimum atomic E-state index is -0.833. The molecule has 1 aliphatic rings. The number of nitrogens with zero attached hydrogens (tertiary/aromatic N) is 3. The maximum absolute atomic E-state index is 9.00. The van der Waals surface area contributed by atoms with E-state index in [0.717, 1.165) is 31.9 Å². The highest BCUT2D eigenvalue weighted by atomic mass is 32.1. The molecule has 1 saturated heterocycles. The van der Waals surface area contributed by atoms with Gasteiger partial charge in [0.25, 0.3) is 11.9 Å².